The standard InChI is InChI=1S/C12H19N3O2S.ClH/c1-15(12-6-4-7-13-9-12)18(16,17)10-11-5-2-3-8-14-11;/h2-3,5,8,12-13H,4,6-7,9-10H2,1H3;1H. The highest BCUT2D eigenvalue weighted by Crippen LogP contribution is 2.15. The van der Waals surface area contributed by atoms with Crippen LogP contribution in [0.1, 0.15) is 18.5 Å². The average Bonchev–Trinajstić information content (AvgIpc) is 2.39. The Kier molecular flexibility index (Phi) is 6.19. The monoisotopic (exact) mass is 305 g/mol. The summed E-state index contributed by atoms with van der Waals surface area (Å²) in [5, 5.41) is 3.23. The Bertz CT molecular complexity index is 475. The third-order valence-corrected chi connectivity index (χ3v) is 5.12. The van der Waals surface area contributed by atoms with E-state index in [-0.39, 0.29) is 24.2 Å². The van der Waals surface area contributed by atoms with Gasteiger partial charge in [0.25, 0.3) is 0 Å². The van der Waals surface area contributed by atoms with Crippen molar-refractivity contribution in [1.29, 1.82) is 0 Å². The van der Waals surface area contributed by atoms with Crippen LogP contribution in [0.15, 0.2) is 24.4 Å². The average molecular weight is 306 g/mol. The summed E-state index contributed by atoms with van der Waals surface area (Å²) in [5.41, 5.74) is 0.591. The third kappa shape index (κ3) is 4.42. The van der Waals surface area contributed by atoms with Crippen LogP contribution >= 0.6 is 12.4 Å². The number of sulfonamides is 1. The number of hydrogen-bond acceptors (Lipinski definition) is 4. The number of nitrogens with zero attached hydrogens (tertiary/aromatic N) is 2. The molecule has 1 atom stereocenters. The van der Waals surface area contributed by atoms with E-state index in [0.29, 0.717) is 5.69 Å². The first-order chi connectivity index (χ1) is 8.59. The van der Waals surface area contributed by atoms with Gasteiger partial charge < -0.3 is 5.32 Å². The maximum absolute atomic E-state index is 12.3. The molecule has 7 heteroatoms. The van der Waals surface area contributed by atoms with Gasteiger partial charge in [0.15, 0.2) is 0 Å². The van der Waals surface area contributed by atoms with Crippen molar-refractivity contribution in [3.05, 3.63) is 30.1 Å². The van der Waals surface area contributed by atoms with Crippen LogP contribution in [0.4, 0.5) is 0 Å². The maximum Gasteiger partial charge on any atom is 0.219 e. The minimum Gasteiger partial charge on any atom is -0.315 e. The first-order valence-corrected chi connectivity index (χ1v) is 7.77. The second kappa shape index (κ2) is 7.19. The Morgan fingerprint density at radius 3 is 2.84 bits per heavy atom. The van der Waals surface area contributed by atoms with Gasteiger partial charge in [-0.25, -0.2) is 12.7 Å². The molecule has 1 aliphatic rings. The van der Waals surface area contributed by atoms with Gasteiger partial charge in [0.2, 0.25) is 10.0 Å². The molecule has 1 aromatic heterocycles. The van der Waals surface area contributed by atoms with Crippen molar-refractivity contribution in [3.63, 3.8) is 0 Å². The van der Waals surface area contributed by atoms with Crippen LogP contribution < -0.4 is 5.32 Å². The van der Waals surface area contributed by atoms with Crippen molar-refractivity contribution in [3.8, 4) is 0 Å². The van der Waals surface area contributed by atoms with E-state index in [1.165, 1.54) is 4.31 Å². The van der Waals surface area contributed by atoms with Crippen molar-refractivity contribution in [2.45, 2.75) is 24.6 Å². The second-order valence-electron chi connectivity index (χ2n) is 4.59. The summed E-state index contributed by atoms with van der Waals surface area (Å²) >= 11 is 0. The van der Waals surface area contributed by atoms with Crippen molar-refractivity contribution in [2.24, 2.45) is 0 Å². The van der Waals surface area contributed by atoms with E-state index in [9.17, 15) is 8.42 Å². The van der Waals surface area contributed by atoms with Gasteiger partial charge in [-0.2, -0.15) is 0 Å². The number of hydrogen-bond donors (Lipinski definition) is 1. The van der Waals surface area contributed by atoms with E-state index in [4.69, 9.17) is 0 Å². The number of piperidine rings is 1. The fourth-order valence-corrected chi connectivity index (χ4v) is 3.53. The Labute approximate surface area is 120 Å². The molecule has 0 aliphatic carbocycles. The zero-order valence-electron chi connectivity index (χ0n) is 10.9. The lowest BCUT2D eigenvalue weighted by atomic mass is 10.1. The summed E-state index contributed by atoms with van der Waals surface area (Å²) in [7, 11) is -1.62. The Morgan fingerprint density at radius 2 is 2.26 bits per heavy atom. The van der Waals surface area contributed by atoms with E-state index in [1.807, 2.05) is 0 Å². The van der Waals surface area contributed by atoms with Crippen LogP contribution in [0, 0.1) is 0 Å². The molecule has 1 fully saturated rings. The number of pyridine rings is 1. The normalized spacial score (nSPS) is 20.0. The summed E-state index contributed by atoms with van der Waals surface area (Å²) in [6.45, 7) is 1.71. The minimum absolute atomic E-state index is 0. The molecule has 5 nitrogen and oxygen atoms in total. The van der Waals surface area contributed by atoms with Crippen molar-refractivity contribution >= 4 is 22.4 Å². The Hall–Kier alpha value is -0.690. The van der Waals surface area contributed by atoms with Gasteiger partial charge in [-0.1, -0.05) is 6.07 Å². The molecule has 0 amide bonds. The summed E-state index contributed by atoms with van der Waals surface area (Å²) in [4.78, 5) is 4.07. The number of halogens is 1. The van der Waals surface area contributed by atoms with Gasteiger partial charge in [0.1, 0.15) is 5.75 Å². The molecule has 19 heavy (non-hydrogen) atoms. The molecule has 0 spiro atoms. The molecule has 1 saturated heterocycles. The molecule has 1 N–H and O–H groups in total. The SMILES string of the molecule is CN(C1CCCNC1)S(=O)(=O)Cc1ccccn1.Cl. The summed E-state index contributed by atoms with van der Waals surface area (Å²) < 4.78 is 26.0. The van der Waals surface area contributed by atoms with Gasteiger partial charge in [-0.05, 0) is 31.5 Å². The Balaban J connectivity index is 0.00000180. The zero-order valence-corrected chi connectivity index (χ0v) is 12.6. The maximum atomic E-state index is 12.3. The van der Waals surface area contributed by atoms with Crippen LogP contribution in [-0.2, 0) is 15.8 Å². The predicted molar refractivity (Wildman–Crippen MR) is 77.8 cm³/mol. The molecule has 0 saturated carbocycles. The first-order valence-electron chi connectivity index (χ1n) is 6.16. The van der Waals surface area contributed by atoms with Crippen molar-refractivity contribution in [1.82, 2.24) is 14.6 Å². The van der Waals surface area contributed by atoms with Gasteiger partial charge >= 0.3 is 0 Å². The van der Waals surface area contributed by atoms with Crippen LogP contribution in [0.2, 0.25) is 0 Å². The molecular weight excluding hydrogens is 286 g/mol. The van der Waals surface area contributed by atoms with Crippen molar-refractivity contribution in [2.75, 3.05) is 20.1 Å². The van der Waals surface area contributed by atoms with Crippen LogP contribution in [0.3, 0.4) is 0 Å². The highest BCUT2D eigenvalue weighted by Gasteiger charge is 2.27. The van der Waals surface area contributed by atoms with Gasteiger partial charge in [0, 0.05) is 25.8 Å². The lowest BCUT2D eigenvalue weighted by Crippen LogP contribution is -2.46. The van der Waals surface area contributed by atoms with E-state index < -0.39 is 10.0 Å². The zero-order chi connectivity index (χ0) is 13.0. The highest BCUT2D eigenvalue weighted by molar-refractivity contribution is 7.88. The molecule has 2 heterocycles. The molecule has 0 bridgehead atoms. The van der Waals surface area contributed by atoms with Gasteiger partial charge in [0.05, 0.1) is 5.69 Å². The van der Waals surface area contributed by atoms with E-state index in [1.54, 1.807) is 31.4 Å². The molecule has 1 aromatic rings. The minimum atomic E-state index is -3.28. The van der Waals surface area contributed by atoms with E-state index >= 15 is 0 Å². The molecule has 0 aromatic carbocycles. The molecule has 1 aliphatic heterocycles. The quantitative estimate of drug-likeness (QED) is 0.902. The van der Waals surface area contributed by atoms with Crippen LogP contribution in [0.5, 0.6) is 0 Å². The largest absolute Gasteiger partial charge is 0.315 e. The summed E-state index contributed by atoms with van der Waals surface area (Å²) in [6.07, 6.45) is 3.56. The smallest absolute Gasteiger partial charge is 0.219 e. The molecule has 0 radical (unpaired) electrons. The number of aromatic nitrogens is 1. The summed E-state index contributed by atoms with van der Waals surface area (Å²) in [6, 6.07) is 5.39. The predicted octanol–water partition coefficient (Wildman–Crippen LogP) is 1.02. The fourth-order valence-electron chi connectivity index (χ4n) is 2.14. The van der Waals surface area contributed by atoms with Crippen LogP contribution in [-0.4, -0.2) is 43.9 Å². The lowest BCUT2D eigenvalue weighted by Gasteiger charge is -2.30. The number of likely N-dealkylation sites (N-methyl/N-ethyl adjacent to an activating group) is 1. The fraction of sp³-hybridized carbons (Fsp3) is 0.583. The molecule has 1 unspecified atom stereocenters. The van der Waals surface area contributed by atoms with Crippen LogP contribution in [0.25, 0.3) is 0 Å². The molecular formula is C12H20ClN3O2S. The Morgan fingerprint density at radius 1 is 1.47 bits per heavy atom. The molecule has 2 rings (SSSR count). The van der Waals surface area contributed by atoms with E-state index in [2.05, 4.69) is 10.3 Å². The second-order valence-corrected chi connectivity index (χ2v) is 6.62. The third-order valence-electron chi connectivity index (χ3n) is 3.28. The summed E-state index contributed by atoms with van der Waals surface area (Å²) in [5.74, 6) is -0.0269. The van der Waals surface area contributed by atoms with Crippen molar-refractivity contribution < 1.29 is 8.42 Å². The lowest BCUT2D eigenvalue weighted by molar-refractivity contribution is 0.299. The number of rotatable bonds is 4. The first kappa shape index (κ1) is 16.4. The van der Waals surface area contributed by atoms with Gasteiger partial charge in [-0.15, -0.1) is 12.4 Å². The molecule has 108 valence electrons. The highest BCUT2D eigenvalue weighted by atomic mass is 35.5. The topological polar surface area (TPSA) is 62.3 Å². The van der Waals surface area contributed by atoms with Gasteiger partial charge in [-0.3, -0.25) is 4.98 Å². The number of nitrogens with one attached hydrogen (secondary N) is 1. The van der Waals surface area contributed by atoms with E-state index in [0.717, 1.165) is 25.9 Å².